The lowest BCUT2D eigenvalue weighted by atomic mass is 9.79. The summed E-state index contributed by atoms with van der Waals surface area (Å²) in [6.07, 6.45) is 4.20. The zero-order valence-corrected chi connectivity index (χ0v) is 25.3. The SMILES string of the molecule is CC[C@@]1(NC(=O)[C@@H]2C=C3c4cccc5[nH]c(Br)c(c45)C[C@H]3N(C)C2)O[C@@]2(O)[C@@H]3CCCN3C(=O)[C@H](C(C)C)N2C1=O. The molecule has 0 spiro atoms. The molecule has 0 saturated carbocycles. The van der Waals surface area contributed by atoms with Gasteiger partial charge < -0.3 is 20.3 Å². The number of aliphatic hydroxyl groups is 1. The van der Waals surface area contributed by atoms with E-state index in [2.05, 4.69) is 43.3 Å². The Labute approximate surface area is 247 Å². The molecule has 11 heteroatoms. The van der Waals surface area contributed by atoms with E-state index in [0.29, 0.717) is 19.5 Å². The lowest BCUT2D eigenvalue weighted by Crippen LogP contribution is -2.72. The number of likely N-dealkylation sites (N-methyl/N-ethyl adjacent to an activating group) is 1. The third-order valence-electron chi connectivity index (χ3n) is 9.87. The first kappa shape index (κ1) is 27.1. The molecular weight excluding hydrogens is 590 g/mol. The molecule has 4 aliphatic heterocycles. The van der Waals surface area contributed by atoms with Gasteiger partial charge in [-0.2, -0.15) is 0 Å². The minimum Gasteiger partial charge on any atom is -0.349 e. The Morgan fingerprint density at radius 1 is 1.32 bits per heavy atom. The van der Waals surface area contributed by atoms with Crippen LogP contribution < -0.4 is 5.32 Å². The second-order valence-electron chi connectivity index (χ2n) is 12.5. The van der Waals surface area contributed by atoms with Gasteiger partial charge in [-0.1, -0.05) is 39.0 Å². The van der Waals surface area contributed by atoms with Crippen LogP contribution in [-0.2, 0) is 25.5 Å². The molecule has 3 N–H and O–H groups in total. The van der Waals surface area contributed by atoms with Gasteiger partial charge >= 0.3 is 0 Å². The number of hydrogen-bond donors (Lipinski definition) is 3. The van der Waals surface area contributed by atoms with Crippen molar-refractivity contribution in [1.82, 2.24) is 25.0 Å². The van der Waals surface area contributed by atoms with Crippen molar-refractivity contribution < 1.29 is 24.2 Å². The number of carbonyl (C=O) groups excluding carboxylic acids is 3. The molecule has 41 heavy (non-hydrogen) atoms. The van der Waals surface area contributed by atoms with Gasteiger partial charge in [-0.05, 0) is 70.9 Å². The van der Waals surface area contributed by atoms with E-state index in [1.807, 2.05) is 33.0 Å². The minimum absolute atomic E-state index is 0.115. The first-order valence-corrected chi connectivity index (χ1v) is 15.4. The molecular formula is C30H36BrN5O5. The van der Waals surface area contributed by atoms with Gasteiger partial charge in [0.05, 0.1) is 10.5 Å². The molecule has 1 aliphatic carbocycles. The number of fused-ring (bicyclic) bond motifs is 5. The molecule has 3 fully saturated rings. The quantitative estimate of drug-likeness (QED) is 0.481. The third-order valence-corrected chi connectivity index (χ3v) is 10.5. The Bertz CT molecular complexity index is 1520. The van der Waals surface area contributed by atoms with Crippen LogP contribution in [0.4, 0.5) is 0 Å². The average molecular weight is 627 g/mol. The molecule has 0 bridgehead atoms. The molecule has 0 radical (unpaired) electrons. The molecule has 1 aromatic heterocycles. The van der Waals surface area contributed by atoms with Gasteiger partial charge in [0.15, 0.2) is 0 Å². The fraction of sp³-hybridized carbons (Fsp3) is 0.567. The number of hydrogen-bond acceptors (Lipinski definition) is 6. The highest BCUT2D eigenvalue weighted by atomic mass is 79.9. The smallest absolute Gasteiger partial charge is 0.281 e. The minimum atomic E-state index is -2.00. The van der Waals surface area contributed by atoms with Crippen LogP contribution in [0.25, 0.3) is 16.5 Å². The second-order valence-corrected chi connectivity index (χ2v) is 13.3. The number of ether oxygens (including phenoxy) is 1. The maximum absolute atomic E-state index is 14.1. The summed E-state index contributed by atoms with van der Waals surface area (Å²) >= 11 is 3.69. The number of piperazine rings is 1. The van der Waals surface area contributed by atoms with Crippen LogP contribution in [0.2, 0.25) is 0 Å². The standard InChI is InChI=1S/C30H36BrN5O5/c1-5-29(28(39)36-24(15(2)3)27(38)35-11-7-10-22(35)30(36,40)41-29)33-26(37)16-12-18-17-8-6-9-20-23(17)19(25(31)32-20)13-21(18)34(4)14-16/h6,8-9,12,15-16,21-22,24,32,40H,5,7,10-11,13-14H2,1-4H3,(H,33,37)/t16-,21-,22+,24+,29-,30+/m1/s1. The Morgan fingerprint density at radius 2 is 2.10 bits per heavy atom. The molecule has 3 saturated heterocycles. The van der Waals surface area contributed by atoms with Gasteiger partial charge in [-0.15, -0.1) is 0 Å². The summed E-state index contributed by atoms with van der Waals surface area (Å²) in [6.45, 7) is 6.46. The van der Waals surface area contributed by atoms with Crippen molar-refractivity contribution in [2.24, 2.45) is 11.8 Å². The van der Waals surface area contributed by atoms with Gasteiger partial charge in [0.1, 0.15) is 12.1 Å². The summed E-state index contributed by atoms with van der Waals surface area (Å²) in [6, 6.07) is 4.76. The van der Waals surface area contributed by atoms with E-state index < -0.39 is 35.5 Å². The maximum Gasteiger partial charge on any atom is 0.281 e. The number of carbonyl (C=O) groups is 3. The third kappa shape index (κ3) is 3.61. The predicted molar refractivity (Wildman–Crippen MR) is 155 cm³/mol. The topological polar surface area (TPSA) is 118 Å². The van der Waals surface area contributed by atoms with E-state index in [4.69, 9.17) is 4.74 Å². The van der Waals surface area contributed by atoms with E-state index >= 15 is 0 Å². The zero-order valence-electron chi connectivity index (χ0n) is 23.7. The van der Waals surface area contributed by atoms with E-state index in [1.165, 1.54) is 15.8 Å². The van der Waals surface area contributed by atoms with E-state index in [9.17, 15) is 19.5 Å². The van der Waals surface area contributed by atoms with Crippen LogP contribution in [0.1, 0.15) is 51.2 Å². The Balaban J connectivity index is 1.23. The summed E-state index contributed by atoms with van der Waals surface area (Å²) in [5.41, 5.74) is 2.72. The van der Waals surface area contributed by atoms with Gasteiger partial charge in [-0.25, -0.2) is 0 Å². The highest BCUT2D eigenvalue weighted by molar-refractivity contribution is 9.10. The number of nitrogens with one attached hydrogen (secondary N) is 2. The van der Waals surface area contributed by atoms with Crippen LogP contribution >= 0.6 is 15.9 Å². The fourth-order valence-electron chi connectivity index (χ4n) is 7.87. The molecule has 0 unspecified atom stereocenters. The fourth-order valence-corrected chi connectivity index (χ4v) is 8.44. The predicted octanol–water partition coefficient (Wildman–Crippen LogP) is 2.56. The van der Waals surface area contributed by atoms with E-state index in [0.717, 1.165) is 34.1 Å². The molecule has 10 nitrogen and oxygen atoms in total. The van der Waals surface area contributed by atoms with Crippen LogP contribution in [0, 0.1) is 11.8 Å². The average Bonchev–Trinajstić information content (AvgIpc) is 3.61. The van der Waals surface area contributed by atoms with Gasteiger partial charge in [-0.3, -0.25) is 28.9 Å². The number of rotatable bonds is 4. The first-order chi connectivity index (χ1) is 19.5. The van der Waals surface area contributed by atoms with Gasteiger partial charge in [0, 0.05) is 36.5 Å². The van der Waals surface area contributed by atoms with Crippen molar-refractivity contribution in [3.05, 3.63) is 40.0 Å². The number of benzene rings is 1. The lowest BCUT2D eigenvalue weighted by molar-refractivity contribution is -0.319. The number of H-pyrrole nitrogens is 1. The maximum atomic E-state index is 14.1. The highest BCUT2D eigenvalue weighted by Crippen LogP contribution is 2.48. The summed E-state index contributed by atoms with van der Waals surface area (Å²) < 4.78 is 7.29. The molecule has 3 amide bonds. The number of aromatic nitrogens is 1. The molecule has 6 atom stereocenters. The van der Waals surface area contributed by atoms with Crippen molar-refractivity contribution in [1.29, 1.82) is 0 Å². The molecule has 5 heterocycles. The largest absolute Gasteiger partial charge is 0.349 e. The van der Waals surface area contributed by atoms with Crippen molar-refractivity contribution in [3.63, 3.8) is 0 Å². The molecule has 5 aliphatic rings. The number of amides is 3. The van der Waals surface area contributed by atoms with E-state index in [1.54, 1.807) is 11.8 Å². The summed E-state index contributed by atoms with van der Waals surface area (Å²) in [7, 11) is 2.02. The number of halogens is 1. The summed E-state index contributed by atoms with van der Waals surface area (Å²) in [4.78, 5) is 50.1. The van der Waals surface area contributed by atoms with Crippen LogP contribution in [0.15, 0.2) is 28.9 Å². The first-order valence-electron chi connectivity index (χ1n) is 14.6. The monoisotopic (exact) mass is 625 g/mol. The van der Waals surface area contributed by atoms with Crippen LogP contribution in [0.3, 0.4) is 0 Å². The Morgan fingerprint density at radius 3 is 2.83 bits per heavy atom. The summed E-state index contributed by atoms with van der Waals surface area (Å²) in [5.74, 6) is -3.85. The second kappa shape index (κ2) is 9.13. The zero-order chi connectivity index (χ0) is 29.0. The summed E-state index contributed by atoms with van der Waals surface area (Å²) in [5, 5.41) is 16.1. The van der Waals surface area contributed by atoms with Crippen LogP contribution in [0.5, 0.6) is 0 Å². The van der Waals surface area contributed by atoms with Crippen molar-refractivity contribution >= 4 is 50.1 Å². The highest BCUT2D eigenvalue weighted by Gasteiger charge is 2.71. The molecule has 1 aromatic carbocycles. The van der Waals surface area contributed by atoms with Crippen LogP contribution in [-0.4, -0.2) is 92.4 Å². The van der Waals surface area contributed by atoms with Crippen molar-refractivity contribution in [3.8, 4) is 0 Å². The Hall–Kier alpha value is -2.73. The molecule has 2 aromatic rings. The molecule has 7 rings (SSSR count). The van der Waals surface area contributed by atoms with Crippen molar-refractivity contribution in [2.75, 3.05) is 20.1 Å². The Kier molecular flexibility index (Phi) is 6.04. The number of nitrogens with zero attached hydrogens (tertiary/aromatic N) is 3. The van der Waals surface area contributed by atoms with Gasteiger partial charge in [0.25, 0.3) is 11.8 Å². The normalized spacial score (nSPS) is 34.7. The van der Waals surface area contributed by atoms with Gasteiger partial charge in [0.2, 0.25) is 17.5 Å². The number of aromatic amines is 1. The lowest BCUT2D eigenvalue weighted by Gasteiger charge is -2.49. The molecule has 218 valence electrons. The van der Waals surface area contributed by atoms with Crippen molar-refractivity contribution in [2.45, 2.75) is 76.2 Å². The van der Waals surface area contributed by atoms with E-state index in [-0.39, 0.29) is 30.2 Å².